The van der Waals surface area contributed by atoms with Crippen LogP contribution in [-0.4, -0.2) is 17.8 Å². The summed E-state index contributed by atoms with van der Waals surface area (Å²) in [5, 5.41) is 4.53. The molecule has 1 aromatic rings. The Balaban J connectivity index is 2.60. The van der Waals surface area contributed by atoms with Crippen LogP contribution in [0.4, 0.5) is 0 Å². The Bertz CT molecular complexity index is 274. The van der Waals surface area contributed by atoms with Gasteiger partial charge in [0.15, 0.2) is 0 Å². The van der Waals surface area contributed by atoms with Crippen molar-refractivity contribution in [3.63, 3.8) is 0 Å². The lowest BCUT2D eigenvalue weighted by Crippen LogP contribution is -2.05. The van der Waals surface area contributed by atoms with Crippen LogP contribution in [-0.2, 0) is 18.7 Å². The van der Waals surface area contributed by atoms with Crippen LogP contribution in [0.25, 0.3) is 0 Å². The second-order valence-electron chi connectivity index (χ2n) is 3.81. The quantitative estimate of drug-likeness (QED) is 0.723. The first-order valence-corrected chi connectivity index (χ1v) is 7.98. The van der Waals surface area contributed by atoms with Crippen molar-refractivity contribution >= 4 is 23.1 Å². The first kappa shape index (κ1) is 14.0. The van der Waals surface area contributed by atoms with Crippen molar-refractivity contribution in [2.45, 2.75) is 45.4 Å². The summed E-state index contributed by atoms with van der Waals surface area (Å²) in [6, 6.07) is 0. The molecule has 16 heavy (non-hydrogen) atoms. The Morgan fingerprint density at radius 3 is 2.75 bits per heavy atom. The number of nitrogens with one attached hydrogen (secondary N) is 1. The van der Waals surface area contributed by atoms with Gasteiger partial charge in [0.1, 0.15) is 5.01 Å². The fourth-order valence-electron chi connectivity index (χ4n) is 1.53. The van der Waals surface area contributed by atoms with Gasteiger partial charge in [-0.3, -0.25) is 0 Å². The fraction of sp³-hybridized carbons (Fsp3) is 0.750. The summed E-state index contributed by atoms with van der Waals surface area (Å²) in [5.41, 5.74) is 1.31. The average Bonchev–Trinajstić information content (AvgIpc) is 2.63. The molecule has 0 radical (unpaired) electrons. The maximum atomic E-state index is 4.75. The topological polar surface area (TPSA) is 24.9 Å². The third-order valence-corrected chi connectivity index (χ3v) is 4.68. The van der Waals surface area contributed by atoms with E-state index >= 15 is 0 Å². The second-order valence-corrected chi connectivity index (χ2v) is 6.08. The van der Waals surface area contributed by atoms with Gasteiger partial charge in [0, 0.05) is 17.2 Å². The minimum Gasteiger partial charge on any atom is -0.315 e. The number of aromatic nitrogens is 1. The van der Waals surface area contributed by atoms with E-state index < -0.39 is 0 Å². The molecule has 0 aliphatic heterocycles. The Morgan fingerprint density at radius 2 is 2.12 bits per heavy atom. The van der Waals surface area contributed by atoms with Crippen molar-refractivity contribution in [2.75, 3.05) is 12.8 Å². The lowest BCUT2D eigenvalue weighted by atomic mass is 10.2. The van der Waals surface area contributed by atoms with Gasteiger partial charge in [-0.2, -0.15) is 11.8 Å². The molecule has 92 valence electrons. The van der Waals surface area contributed by atoms with Gasteiger partial charge in [0.05, 0.1) is 5.69 Å². The van der Waals surface area contributed by atoms with E-state index in [1.54, 1.807) is 0 Å². The Morgan fingerprint density at radius 1 is 1.31 bits per heavy atom. The van der Waals surface area contributed by atoms with Crippen LogP contribution in [0.5, 0.6) is 0 Å². The largest absolute Gasteiger partial charge is 0.315 e. The van der Waals surface area contributed by atoms with E-state index in [-0.39, 0.29) is 0 Å². The standard InChI is InChI=1S/C12H22N2S2/c1-4-6-10-11(8-13-3)16-12(14-10)9-15-7-5-2/h13H,4-9H2,1-3H3. The molecule has 4 heteroatoms. The summed E-state index contributed by atoms with van der Waals surface area (Å²) in [4.78, 5) is 6.18. The van der Waals surface area contributed by atoms with E-state index in [0.29, 0.717) is 0 Å². The maximum absolute atomic E-state index is 4.75. The van der Waals surface area contributed by atoms with Crippen molar-refractivity contribution in [1.82, 2.24) is 10.3 Å². The van der Waals surface area contributed by atoms with Crippen LogP contribution in [0.1, 0.15) is 42.3 Å². The molecule has 0 atom stereocenters. The molecule has 0 bridgehead atoms. The van der Waals surface area contributed by atoms with Crippen molar-refractivity contribution in [2.24, 2.45) is 0 Å². The summed E-state index contributed by atoms with van der Waals surface area (Å²) in [6.45, 7) is 5.41. The first-order valence-electron chi connectivity index (χ1n) is 6.01. The van der Waals surface area contributed by atoms with Gasteiger partial charge >= 0.3 is 0 Å². The molecular formula is C12H22N2S2. The van der Waals surface area contributed by atoms with Crippen molar-refractivity contribution in [1.29, 1.82) is 0 Å². The predicted molar refractivity (Wildman–Crippen MR) is 75.3 cm³/mol. The van der Waals surface area contributed by atoms with Crippen LogP contribution < -0.4 is 5.32 Å². The molecule has 0 aromatic carbocycles. The van der Waals surface area contributed by atoms with Gasteiger partial charge in [-0.25, -0.2) is 4.98 Å². The molecule has 0 spiro atoms. The van der Waals surface area contributed by atoms with E-state index in [1.165, 1.54) is 34.2 Å². The number of nitrogens with zero attached hydrogens (tertiary/aromatic N) is 1. The summed E-state index contributed by atoms with van der Waals surface area (Å²) in [7, 11) is 2.00. The lowest BCUT2D eigenvalue weighted by molar-refractivity contribution is 0.797. The predicted octanol–water partition coefficient (Wildman–Crippen LogP) is 3.46. The Labute approximate surface area is 107 Å². The zero-order valence-electron chi connectivity index (χ0n) is 10.5. The minimum absolute atomic E-state index is 0.964. The highest BCUT2D eigenvalue weighted by atomic mass is 32.2. The molecule has 0 fully saturated rings. The van der Waals surface area contributed by atoms with Gasteiger partial charge < -0.3 is 5.32 Å². The lowest BCUT2D eigenvalue weighted by Gasteiger charge is -1.98. The van der Waals surface area contributed by atoms with E-state index in [9.17, 15) is 0 Å². The van der Waals surface area contributed by atoms with Gasteiger partial charge in [0.2, 0.25) is 0 Å². The number of hydrogen-bond donors (Lipinski definition) is 1. The highest BCUT2D eigenvalue weighted by Crippen LogP contribution is 2.23. The maximum Gasteiger partial charge on any atom is 0.103 e. The number of aryl methyl sites for hydroxylation is 1. The van der Waals surface area contributed by atoms with Crippen molar-refractivity contribution in [3.05, 3.63) is 15.6 Å². The van der Waals surface area contributed by atoms with E-state index in [0.717, 1.165) is 18.7 Å². The van der Waals surface area contributed by atoms with Gasteiger partial charge in [-0.05, 0) is 25.6 Å². The Kier molecular flexibility index (Phi) is 7.08. The number of rotatable bonds is 8. The molecule has 1 rings (SSSR count). The highest BCUT2D eigenvalue weighted by molar-refractivity contribution is 7.98. The van der Waals surface area contributed by atoms with E-state index in [1.807, 2.05) is 30.1 Å². The average molecular weight is 258 g/mol. The summed E-state index contributed by atoms with van der Waals surface area (Å²) in [5.74, 6) is 2.32. The molecule has 0 aliphatic carbocycles. The summed E-state index contributed by atoms with van der Waals surface area (Å²) in [6.07, 6.45) is 3.55. The summed E-state index contributed by atoms with van der Waals surface area (Å²) < 4.78 is 0. The van der Waals surface area contributed by atoms with Gasteiger partial charge in [-0.15, -0.1) is 11.3 Å². The van der Waals surface area contributed by atoms with Crippen LogP contribution >= 0.6 is 23.1 Å². The van der Waals surface area contributed by atoms with Crippen LogP contribution in [0, 0.1) is 0 Å². The van der Waals surface area contributed by atoms with Crippen molar-refractivity contribution < 1.29 is 0 Å². The molecule has 1 heterocycles. The molecule has 0 saturated heterocycles. The first-order chi connectivity index (χ1) is 7.81. The zero-order chi connectivity index (χ0) is 11.8. The van der Waals surface area contributed by atoms with Gasteiger partial charge in [-0.1, -0.05) is 20.3 Å². The number of hydrogen-bond acceptors (Lipinski definition) is 4. The SMILES string of the molecule is CCCSCc1nc(CCC)c(CNC)s1. The summed E-state index contributed by atoms with van der Waals surface area (Å²) >= 11 is 3.87. The number of thiazole rings is 1. The normalized spacial score (nSPS) is 10.9. The molecule has 0 saturated carbocycles. The molecule has 0 amide bonds. The zero-order valence-corrected chi connectivity index (χ0v) is 12.1. The van der Waals surface area contributed by atoms with E-state index in [4.69, 9.17) is 4.98 Å². The highest BCUT2D eigenvalue weighted by Gasteiger charge is 2.09. The number of thioether (sulfide) groups is 1. The molecule has 2 nitrogen and oxygen atoms in total. The molecule has 0 aliphatic rings. The molecule has 1 aromatic heterocycles. The fourth-order valence-corrected chi connectivity index (χ4v) is 3.61. The second kappa shape index (κ2) is 8.09. The third-order valence-electron chi connectivity index (χ3n) is 2.22. The van der Waals surface area contributed by atoms with Gasteiger partial charge in [0.25, 0.3) is 0 Å². The van der Waals surface area contributed by atoms with Crippen molar-refractivity contribution in [3.8, 4) is 0 Å². The third kappa shape index (κ3) is 4.44. The van der Waals surface area contributed by atoms with E-state index in [2.05, 4.69) is 19.2 Å². The molecule has 0 unspecified atom stereocenters. The molecule has 1 N–H and O–H groups in total. The smallest absolute Gasteiger partial charge is 0.103 e. The van der Waals surface area contributed by atoms with Crippen LogP contribution in [0.2, 0.25) is 0 Å². The Hall–Kier alpha value is -0.0600. The van der Waals surface area contributed by atoms with Crippen LogP contribution in [0.15, 0.2) is 0 Å². The monoisotopic (exact) mass is 258 g/mol. The molecular weight excluding hydrogens is 236 g/mol. The minimum atomic E-state index is 0.964. The van der Waals surface area contributed by atoms with Crippen LogP contribution in [0.3, 0.4) is 0 Å².